The maximum atomic E-state index is 12.1. The van der Waals surface area contributed by atoms with Gasteiger partial charge in [-0.25, -0.2) is 4.79 Å². The first-order valence-electron chi connectivity index (χ1n) is 6.46. The topological polar surface area (TPSA) is 136 Å². The Hall–Kier alpha value is -2.64. The number of nitrogens with two attached hydrogens (primary N) is 1. The zero-order chi connectivity index (χ0) is 15.6. The second kappa shape index (κ2) is 5.78. The van der Waals surface area contributed by atoms with Crippen molar-refractivity contribution in [3.05, 3.63) is 33.9 Å². The summed E-state index contributed by atoms with van der Waals surface area (Å²) in [6, 6.07) is 2.84. The number of carbonyl (C=O) groups excluding carboxylic acids is 1. The number of amides is 1. The van der Waals surface area contributed by atoms with E-state index in [2.05, 4.69) is 5.32 Å². The average molecular weight is 293 g/mol. The molecule has 0 bridgehead atoms. The first-order chi connectivity index (χ1) is 9.90. The third-order valence-electron chi connectivity index (χ3n) is 3.39. The van der Waals surface area contributed by atoms with Crippen molar-refractivity contribution in [3.8, 4) is 0 Å². The summed E-state index contributed by atoms with van der Waals surface area (Å²) >= 11 is 0. The number of nitro groups is 1. The summed E-state index contributed by atoms with van der Waals surface area (Å²) in [4.78, 5) is 33.3. The van der Waals surface area contributed by atoms with Crippen molar-refractivity contribution < 1.29 is 19.6 Å². The number of nitrogens with zero attached hydrogens (tertiary/aromatic N) is 1. The van der Waals surface area contributed by atoms with Gasteiger partial charge >= 0.3 is 5.97 Å². The van der Waals surface area contributed by atoms with Gasteiger partial charge in [-0.2, -0.15) is 0 Å². The number of carbonyl (C=O) groups is 2. The molecule has 1 aromatic carbocycles. The number of benzene rings is 1. The molecule has 1 saturated carbocycles. The number of hydrogen-bond acceptors (Lipinski definition) is 5. The Labute approximate surface area is 120 Å². The van der Waals surface area contributed by atoms with Crippen LogP contribution in [0.3, 0.4) is 0 Å². The minimum Gasteiger partial charge on any atom is -0.480 e. The first-order valence-corrected chi connectivity index (χ1v) is 6.46. The lowest BCUT2D eigenvalue weighted by molar-refractivity contribution is -0.383. The van der Waals surface area contributed by atoms with Gasteiger partial charge in [-0.3, -0.25) is 14.9 Å². The van der Waals surface area contributed by atoms with Gasteiger partial charge in [-0.05, 0) is 18.4 Å². The minimum absolute atomic E-state index is 0.0914. The molecule has 2 rings (SSSR count). The maximum Gasteiger partial charge on any atom is 0.326 e. The minimum atomic E-state index is -1.13. The highest BCUT2D eigenvalue weighted by atomic mass is 16.6. The predicted molar refractivity (Wildman–Crippen MR) is 73.7 cm³/mol. The standard InChI is InChI=1S/C13H15N3O5/c14-11-8(2-1-3-10(11)16(20)21)12(17)15-9(13(18)19)6-7-4-5-7/h1-3,7,9H,4-6,14H2,(H,15,17)(H,18,19). The van der Waals surface area contributed by atoms with Gasteiger partial charge in [0.1, 0.15) is 11.7 Å². The van der Waals surface area contributed by atoms with Crippen molar-refractivity contribution in [2.24, 2.45) is 5.92 Å². The van der Waals surface area contributed by atoms with Crippen LogP contribution in [-0.4, -0.2) is 27.9 Å². The zero-order valence-corrected chi connectivity index (χ0v) is 11.1. The molecular weight excluding hydrogens is 278 g/mol. The van der Waals surface area contributed by atoms with Crippen LogP contribution in [0.15, 0.2) is 18.2 Å². The van der Waals surface area contributed by atoms with Crippen molar-refractivity contribution in [1.29, 1.82) is 0 Å². The third kappa shape index (κ3) is 3.47. The molecule has 1 amide bonds. The van der Waals surface area contributed by atoms with Gasteiger partial charge in [0.15, 0.2) is 0 Å². The highest BCUT2D eigenvalue weighted by Gasteiger charge is 2.31. The molecule has 0 saturated heterocycles. The molecule has 1 aliphatic rings. The van der Waals surface area contributed by atoms with E-state index in [0.717, 1.165) is 12.8 Å². The average Bonchev–Trinajstić information content (AvgIpc) is 3.21. The van der Waals surface area contributed by atoms with Crippen molar-refractivity contribution in [1.82, 2.24) is 5.32 Å². The molecule has 0 aliphatic heterocycles. The summed E-state index contributed by atoms with van der Waals surface area (Å²) in [5, 5.41) is 22.3. The number of carboxylic acids is 1. The van der Waals surface area contributed by atoms with Crippen LogP contribution in [0, 0.1) is 16.0 Å². The molecule has 1 atom stereocenters. The smallest absolute Gasteiger partial charge is 0.326 e. The maximum absolute atomic E-state index is 12.1. The van der Waals surface area contributed by atoms with Crippen LogP contribution in [0.2, 0.25) is 0 Å². The van der Waals surface area contributed by atoms with Crippen molar-refractivity contribution in [2.45, 2.75) is 25.3 Å². The number of para-hydroxylation sites is 1. The van der Waals surface area contributed by atoms with Gasteiger partial charge in [0, 0.05) is 6.07 Å². The van der Waals surface area contributed by atoms with E-state index in [4.69, 9.17) is 10.8 Å². The quantitative estimate of drug-likeness (QED) is 0.409. The Morgan fingerprint density at radius 2 is 2.14 bits per heavy atom. The summed E-state index contributed by atoms with van der Waals surface area (Å²) in [5.74, 6) is -1.53. The van der Waals surface area contributed by atoms with Gasteiger partial charge in [-0.15, -0.1) is 0 Å². The molecule has 1 fully saturated rings. The van der Waals surface area contributed by atoms with Crippen LogP contribution >= 0.6 is 0 Å². The second-order valence-electron chi connectivity index (χ2n) is 5.04. The van der Waals surface area contributed by atoms with E-state index in [-0.39, 0.29) is 16.9 Å². The van der Waals surface area contributed by atoms with Gasteiger partial charge in [0.25, 0.3) is 11.6 Å². The third-order valence-corrected chi connectivity index (χ3v) is 3.39. The number of anilines is 1. The molecule has 8 heteroatoms. The van der Waals surface area contributed by atoms with Crippen LogP contribution in [0.4, 0.5) is 11.4 Å². The van der Waals surface area contributed by atoms with Crippen molar-refractivity contribution in [2.75, 3.05) is 5.73 Å². The van der Waals surface area contributed by atoms with E-state index in [1.54, 1.807) is 0 Å². The van der Waals surface area contributed by atoms with Crippen molar-refractivity contribution in [3.63, 3.8) is 0 Å². The lowest BCUT2D eigenvalue weighted by Gasteiger charge is -2.14. The summed E-state index contributed by atoms with van der Waals surface area (Å²) in [7, 11) is 0. The summed E-state index contributed by atoms with van der Waals surface area (Å²) in [6.45, 7) is 0. The Morgan fingerprint density at radius 1 is 1.48 bits per heavy atom. The van der Waals surface area contributed by atoms with Crippen LogP contribution in [0.1, 0.15) is 29.6 Å². The van der Waals surface area contributed by atoms with E-state index in [9.17, 15) is 19.7 Å². The molecule has 1 aromatic rings. The van der Waals surface area contributed by atoms with Gasteiger partial charge in [0.05, 0.1) is 10.5 Å². The fraction of sp³-hybridized carbons (Fsp3) is 0.385. The highest BCUT2D eigenvalue weighted by molar-refractivity contribution is 6.02. The lowest BCUT2D eigenvalue weighted by Crippen LogP contribution is -2.41. The number of rotatable bonds is 6. The predicted octanol–water partition coefficient (Wildman–Crippen LogP) is 1.16. The van der Waals surface area contributed by atoms with Crippen molar-refractivity contribution >= 4 is 23.3 Å². The van der Waals surface area contributed by atoms with Gasteiger partial charge in [0.2, 0.25) is 0 Å². The Balaban J connectivity index is 2.17. The van der Waals surface area contributed by atoms with E-state index in [1.165, 1.54) is 18.2 Å². The second-order valence-corrected chi connectivity index (χ2v) is 5.04. The van der Waals surface area contributed by atoms with E-state index in [0.29, 0.717) is 12.3 Å². The van der Waals surface area contributed by atoms with Crippen LogP contribution in [0.5, 0.6) is 0 Å². The first kappa shape index (κ1) is 14.8. The van der Waals surface area contributed by atoms with E-state index >= 15 is 0 Å². The molecule has 0 aromatic heterocycles. The fourth-order valence-corrected chi connectivity index (χ4v) is 2.05. The molecule has 8 nitrogen and oxygen atoms in total. The molecule has 112 valence electrons. The molecule has 1 aliphatic carbocycles. The highest BCUT2D eigenvalue weighted by Crippen LogP contribution is 2.33. The van der Waals surface area contributed by atoms with Gasteiger partial charge < -0.3 is 16.2 Å². The molecule has 0 radical (unpaired) electrons. The molecule has 4 N–H and O–H groups in total. The Kier molecular flexibility index (Phi) is 4.06. The molecule has 21 heavy (non-hydrogen) atoms. The largest absolute Gasteiger partial charge is 0.480 e. The summed E-state index contributed by atoms with van der Waals surface area (Å²) in [5.41, 5.74) is 4.86. The van der Waals surface area contributed by atoms with Crippen LogP contribution in [0.25, 0.3) is 0 Å². The fourth-order valence-electron chi connectivity index (χ4n) is 2.05. The van der Waals surface area contributed by atoms with Crippen LogP contribution in [-0.2, 0) is 4.79 Å². The van der Waals surface area contributed by atoms with E-state index in [1.807, 2.05) is 0 Å². The number of hydrogen-bond donors (Lipinski definition) is 3. The number of nitro benzene ring substituents is 1. The van der Waals surface area contributed by atoms with E-state index < -0.39 is 22.8 Å². The van der Waals surface area contributed by atoms with Crippen LogP contribution < -0.4 is 11.1 Å². The summed E-state index contributed by atoms with van der Waals surface area (Å²) < 4.78 is 0. The number of carboxylic acid groups (broad SMARTS) is 1. The monoisotopic (exact) mass is 293 g/mol. The lowest BCUT2D eigenvalue weighted by atomic mass is 10.1. The normalized spacial score (nSPS) is 15.2. The number of nitrogen functional groups attached to an aromatic ring is 1. The van der Waals surface area contributed by atoms with Gasteiger partial charge in [-0.1, -0.05) is 18.9 Å². The number of aliphatic carboxylic acids is 1. The molecule has 0 heterocycles. The summed E-state index contributed by atoms with van der Waals surface area (Å²) in [6.07, 6.45) is 2.27. The number of nitrogens with one attached hydrogen (secondary N) is 1. The zero-order valence-electron chi connectivity index (χ0n) is 11.1. The SMILES string of the molecule is Nc1c(C(=O)NC(CC2CC2)C(=O)O)cccc1[N+](=O)[O-]. The Morgan fingerprint density at radius 3 is 2.67 bits per heavy atom. The molecule has 0 spiro atoms. The molecule has 1 unspecified atom stereocenters. The molecular formula is C13H15N3O5. The Bertz CT molecular complexity index is 597.